The van der Waals surface area contributed by atoms with Gasteiger partial charge >= 0.3 is 0 Å². The average Bonchev–Trinajstić information content (AvgIpc) is 2.55. The van der Waals surface area contributed by atoms with Crippen molar-refractivity contribution in [3.8, 4) is 5.75 Å². The van der Waals surface area contributed by atoms with Gasteiger partial charge < -0.3 is 10.1 Å². The van der Waals surface area contributed by atoms with E-state index in [4.69, 9.17) is 4.74 Å². The molecule has 0 bridgehead atoms. The van der Waals surface area contributed by atoms with Gasteiger partial charge in [-0.3, -0.25) is 4.79 Å². The fourth-order valence-corrected chi connectivity index (χ4v) is 2.42. The van der Waals surface area contributed by atoms with E-state index in [9.17, 15) is 4.79 Å². The molecule has 0 aromatic heterocycles. The molecule has 0 aliphatic rings. The summed E-state index contributed by atoms with van der Waals surface area (Å²) < 4.78 is 5.56. The summed E-state index contributed by atoms with van der Waals surface area (Å²) in [5.74, 6) is 1.10. The molecule has 2 aromatic carbocycles. The number of nitrogens with one attached hydrogen (secondary N) is 1. The Morgan fingerprint density at radius 3 is 2.43 bits per heavy atom. The molecule has 2 rings (SSSR count). The number of anilines is 1. The summed E-state index contributed by atoms with van der Waals surface area (Å²) in [5, 5.41) is 2.88. The van der Waals surface area contributed by atoms with Crippen LogP contribution >= 0.6 is 0 Å². The monoisotopic (exact) mass is 311 g/mol. The number of aryl methyl sites for hydroxylation is 2. The third-order valence-corrected chi connectivity index (χ3v) is 4.09. The molecule has 0 heterocycles. The normalized spacial score (nSPS) is 11.8. The molecule has 0 aliphatic heterocycles. The van der Waals surface area contributed by atoms with Gasteiger partial charge in [0.1, 0.15) is 5.75 Å². The molecule has 1 N–H and O–H groups in total. The summed E-state index contributed by atoms with van der Waals surface area (Å²) in [4.78, 5) is 12.0. The van der Waals surface area contributed by atoms with Crippen LogP contribution in [0.2, 0.25) is 0 Å². The van der Waals surface area contributed by atoms with E-state index in [0.717, 1.165) is 17.7 Å². The lowest BCUT2D eigenvalue weighted by molar-refractivity contribution is -0.118. The maximum absolute atomic E-state index is 12.0. The smallest absolute Gasteiger partial charge is 0.262 e. The van der Waals surface area contributed by atoms with Crippen LogP contribution in [0.25, 0.3) is 0 Å². The minimum absolute atomic E-state index is 0.00992. The maximum atomic E-state index is 12.0. The lowest BCUT2D eigenvalue weighted by atomic mass is 9.99. The highest BCUT2D eigenvalue weighted by atomic mass is 16.5. The van der Waals surface area contributed by atoms with Crippen LogP contribution in [0.3, 0.4) is 0 Å². The first-order valence-electron chi connectivity index (χ1n) is 8.09. The standard InChI is InChI=1S/C20H25NO2/c1-5-15(3)17-7-9-18(10-8-17)23-13-20(22)21-19-11-6-14(2)12-16(19)4/h6-12,15H,5,13H2,1-4H3,(H,21,22)/t15-/m0/s1. The number of hydrogen-bond donors (Lipinski definition) is 1. The summed E-state index contributed by atoms with van der Waals surface area (Å²) >= 11 is 0. The van der Waals surface area contributed by atoms with Crippen molar-refractivity contribution in [3.63, 3.8) is 0 Å². The molecular weight excluding hydrogens is 286 g/mol. The van der Waals surface area contributed by atoms with E-state index in [1.165, 1.54) is 11.1 Å². The molecular formula is C20H25NO2. The summed E-state index contributed by atoms with van der Waals surface area (Å²) in [6, 6.07) is 13.9. The molecule has 0 fully saturated rings. The Morgan fingerprint density at radius 1 is 1.13 bits per heavy atom. The number of rotatable bonds is 6. The Morgan fingerprint density at radius 2 is 1.83 bits per heavy atom. The summed E-state index contributed by atoms with van der Waals surface area (Å²) in [5.41, 5.74) is 4.35. The van der Waals surface area contributed by atoms with Crippen molar-refractivity contribution in [1.82, 2.24) is 0 Å². The van der Waals surface area contributed by atoms with Crippen LogP contribution in [0.1, 0.15) is 42.9 Å². The first kappa shape index (κ1) is 17.1. The zero-order valence-corrected chi connectivity index (χ0v) is 14.3. The van der Waals surface area contributed by atoms with Gasteiger partial charge in [-0.15, -0.1) is 0 Å². The number of amides is 1. The Bertz CT molecular complexity index is 662. The SMILES string of the molecule is CC[C@H](C)c1ccc(OCC(=O)Nc2ccc(C)cc2C)cc1. The number of carbonyl (C=O) groups is 1. The summed E-state index contributed by atoms with van der Waals surface area (Å²) in [6.07, 6.45) is 1.11. The molecule has 3 nitrogen and oxygen atoms in total. The molecule has 0 spiro atoms. The zero-order valence-electron chi connectivity index (χ0n) is 14.3. The van der Waals surface area contributed by atoms with Crippen molar-refractivity contribution in [2.45, 2.75) is 40.0 Å². The maximum Gasteiger partial charge on any atom is 0.262 e. The molecule has 23 heavy (non-hydrogen) atoms. The van der Waals surface area contributed by atoms with Gasteiger partial charge in [-0.25, -0.2) is 0 Å². The topological polar surface area (TPSA) is 38.3 Å². The number of hydrogen-bond acceptors (Lipinski definition) is 2. The van der Waals surface area contributed by atoms with Crippen molar-refractivity contribution in [2.24, 2.45) is 0 Å². The van der Waals surface area contributed by atoms with Gasteiger partial charge in [0.25, 0.3) is 5.91 Å². The second kappa shape index (κ2) is 7.82. The molecule has 0 saturated heterocycles. The predicted molar refractivity (Wildman–Crippen MR) is 95.2 cm³/mol. The molecule has 1 atom stereocenters. The van der Waals surface area contributed by atoms with E-state index in [1.54, 1.807) is 0 Å². The van der Waals surface area contributed by atoms with Gasteiger partial charge in [0.05, 0.1) is 0 Å². The Kier molecular flexibility index (Phi) is 5.80. The van der Waals surface area contributed by atoms with Crippen molar-refractivity contribution >= 4 is 11.6 Å². The molecule has 0 aliphatic carbocycles. The zero-order chi connectivity index (χ0) is 16.8. The Balaban J connectivity index is 1.89. The third kappa shape index (κ3) is 4.85. The van der Waals surface area contributed by atoms with Crippen LogP contribution in [-0.4, -0.2) is 12.5 Å². The van der Waals surface area contributed by atoms with Gasteiger partial charge in [0.2, 0.25) is 0 Å². The van der Waals surface area contributed by atoms with Gasteiger partial charge in [-0.05, 0) is 55.5 Å². The van der Waals surface area contributed by atoms with Gasteiger partial charge in [0, 0.05) is 5.69 Å². The molecule has 3 heteroatoms. The molecule has 122 valence electrons. The lowest BCUT2D eigenvalue weighted by Crippen LogP contribution is -2.20. The van der Waals surface area contributed by atoms with Crippen LogP contribution in [0.15, 0.2) is 42.5 Å². The minimum atomic E-state index is -0.150. The van der Waals surface area contributed by atoms with E-state index < -0.39 is 0 Å². The molecule has 2 aromatic rings. The van der Waals surface area contributed by atoms with Crippen molar-refractivity contribution in [1.29, 1.82) is 0 Å². The van der Waals surface area contributed by atoms with Gasteiger partial charge in [-0.2, -0.15) is 0 Å². The Hall–Kier alpha value is -2.29. The second-order valence-electron chi connectivity index (χ2n) is 6.03. The quantitative estimate of drug-likeness (QED) is 0.829. The van der Waals surface area contributed by atoms with E-state index in [1.807, 2.05) is 44.2 Å². The first-order chi connectivity index (χ1) is 11.0. The highest BCUT2D eigenvalue weighted by Gasteiger charge is 2.07. The Labute approximate surface area is 138 Å². The number of carbonyl (C=O) groups excluding carboxylic acids is 1. The highest BCUT2D eigenvalue weighted by molar-refractivity contribution is 5.92. The minimum Gasteiger partial charge on any atom is -0.484 e. The van der Waals surface area contributed by atoms with Crippen molar-refractivity contribution < 1.29 is 9.53 Å². The first-order valence-corrected chi connectivity index (χ1v) is 8.09. The van der Waals surface area contributed by atoms with Crippen molar-refractivity contribution in [3.05, 3.63) is 59.2 Å². The second-order valence-corrected chi connectivity index (χ2v) is 6.03. The van der Waals surface area contributed by atoms with Crippen LogP contribution < -0.4 is 10.1 Å². The molecule has 0 radical (unpaired) electrons. The van der Waals surface area contributed by atoms with Crippen LogP contribution in [0.4, 0.5) is 5.69 Å². The molecule has 0 unspecified atom stereocenters. The fraction of sp³-hybridized carbons (Fsp3) is 0.350. The average molecular weight is 311 g/mol. The molecule has 0 saturated carbocycles. The number of ether oxygens (including phenoxy) is 1. The fourth-order valence-electron chi connectivity index (χ4n) is 2.42. The lowest BCUT2D eigenvalue weighted by Gasteiger charge is -2.12. The predicted octanol–water partition coefficient (Wildman–Crippen LogP) is 4.83. The van der Waals surface area contributed by atoms with Crippen LogP contribution in [-0.2, 0) is 4.79 Å². The van der Waals surface area contributed by atoms with E-state index in [2.05, 4.69) is 31.3 Å². The van der Waals surface area contributed by atoms with Crippen molar-refractivity contribution in [2.75, 3.05) is 11.9 Å². The molecule has 1 amide bonds. The van der Waals surface area contributed by atoms with Crippen LogP contribution in [0, 0.1) is 13.8 Å². The van der Waals surface area contributed by atoms with E-state index in [-0.39, 0.29) is 12.5 Å². The van der Waals surface area contributed by atoms with Gasteiger partial charge in [-0.1, -0.05) is 43.7 Å². The highest BCUT2D eigenvalue weighted by Crippen LogP contribution is 2.21. The third-order valence-electron chi connectivity index (χ3n) is 4.09. The van der Waals surface area contributed by atoms with Crippen LogP contribution in [0.5, 0.6) is 5.75 Å². The summed E-state index contributed by atoms with van der Waals surface area (Å²) in [6.45, 7) is 8.40. The van der Waals surface area contributed by atoms with E-state index >= 15 is 0 Å². The van der Waals surface area contributed by atoms with E-state index in [0.29, 0.717) is 11.7 Å². The number of benzene rings is 2. The van der Waals surface area contributed by atoms with Gasteiger partial charge in [0.15, 0.2) is 6.61 Å². The largest absolute Gasteiger partial charge is 0.484 e. The summed E-state index contributed by atoms with van der Waals surface area (Å²) in [7, 11) is 0.